The van der Waals surface area contributed by atoms with Gasteiger partial charge in [-0.3, -0.25) is 0 Å². The number of rotatable bonds is 4. The molecular weight excluding hydrogens is 402 g/mol. The first-order valence-electron chi connectivity index (χ1n) is 10.9. The van der Waals surface area contributed by atoms with Crippen LogP contribution < -0.4 is 9.47 Å². The normalized spacial score (nSPS) is 31.4. The van der Waals surface area contributed by atoms with E-state index in [1.54, 1.807) is 14.0 Å². The molecule has 1 amide bonds. The summed E-state index contributed by atoms with van der Waals surface area (Å²) < 4.78 is 28.1. The lowest BCUT2D eigenvalue weighted by Crippen LogP contribution is -2.66. The molecule has 2 aliphatic carbocycles. The molecule has 2 aliphatic heterocycles. The Morgan fingerprint density at radius 3 is 2.74 bits per heavy atom. The molecule has 1 aromatic rings. The molecule has 1 saturated heterocycles. The number of carbonyl (C=O) groups is 2. The molecule has 4 aliphatic rings. The second-order valence-electron chi connectivity index (χ2n) is 8.30. The largest absolute Gasteiger partial charge is 0.508 e. The molecular formula is C23H27NO7. The second kappa shape index (κ2) is 7.35. The third kappa shape index (κ3) is 2.73. The molecule has 166 valence electrons. The maximum Gasteiger partial charge on any atom is 0.508 e. The summed E-state index contributed by atoms with van der Waals surface area (Å²) in [6.07, 6.45) is 3.34. The highest BCUT2D eigenvalue weighted by atomic mass is 16.7. The predicted octanol–water partition coefficient (Wildman–Crippen LogP) is 3.21. The van der Waals surface area contributed by atoms with Crippen molar-refractivity contribution in [1.29, 1.82) is 0 Å². The number of piperidine rings is 1. The van der Waals surface area contributed by atoms with Crippen LogP contribution >= 0.6 is 0 Å². The van der Waals surface area contributed by atoms with Crippen LogP contribution in [0.5, 0.6) is 11.5 Å². The van der Waals surface area contributed by atoms with E-state index in [9.17, 15) is 9.59 Å². The number of nitrogens with zero attached hydrogens (tertiary/aromatic N) is 1. The minimum atomic E-state index is -0.713. The van der Waals surface area contributed by atoms with Crippen LogP contribution in [-0.2, 0) is 26.0 Å². The van der Waals surface area contributed by atoms with Crippen LogP contribution in [0.1, 0.15) is 31.4 Å². The topological polar surface area (TPSA) is 83.5 Å². The lowest BCUT2D eigenvalue weighted by Gasteiger charge is -2.56. The molecule has 0 aromatic heterocycles. The number of methoxy groups -OCH3 is 1. The number of amides is 1. The van der Waals surface area contributed by atoms with Gasteiger partial charge in [-0.05, 0) is 44.4 Å². The Hall–Kier alpha value is -2.90. The van der Waals surface area contributed by atoms with Crippen LogP contribution in [0.25, 0.3) is 0 Å². The summed E-state index contributed by atoms with van der Waals surface area (Å²) in [6, 6.07) is 3.91. The summed E-state index contributed by atoms with van der Waals surface area (Å²) in [4.78, 5) is 26.7. The number of benzene rings is 1. The van der Waals surface area contributed by atoms with Gasteiger partial charge in [0.2, 0.25) is 0 Å². The molecule has 2 heterocycles. The van der Waals surface area contributed by atoms with E-state index in [2.05, 4.69) is 12.1 Å². The Morgan fingerprint density at radius 2 is 2.00 bits per heavy atom. The highest BCUT2D eigenvalue weighted by molar-refractivity contribution is 5.70. The van der Waals surface area contributed by atoms with E-state index in [-0.39, 0.29) is 24.7 Å². The van der Waals surface area contributed by atoms with Gasteiger partial charge in [-0.2, -0.15) is 0 Å². The summed E-state index contributed by atoms with van der Waals surface area (Å²) in [5.74, 6) is 1.42. The Labute approximate surface area is 181 Å². The SMILES string of the molecule is CCOC(=O)O[C@@H]1C=C[C@@H]2[C@@H]3Cc4ccc(OC)c5c4[C@@]2(CCN3C(=O)OCC)[C@H]1O5. The Kier molecular flexibility index (Phi) is 4.75. The van der Waals surface area contributed by atoms with Crippen molar-refractivity contribution in [3.8, 4) is 11.5 Å². The van der Waals surface area contributed by atoms with Gasteiger partial charge in [-0.25, -0.2) is 9.59 Å². The summed E-state index contributed by atoms with van der Waals surface area (Å²) >= 11 is 0. The van der Waals surface area contributed by atoms with E-state index in [1.165, 1.54) is 0 Å². The van der Waals surface area contributed by atoms with Gasteiger partial charge in [0.1, 0.15) is 6.10 Å². The standard InChI is InChI=1S/C23H27NO7/c1-4-28-21(25)24-11-10-23-14-7-9-17(30-22(26)29-5-2)20(23)31-19-16(27-3)8-6-13(18(19)23)12-15(14)24/h6-9,14-15,17,20H,4-5,10-12H2,1-3H3/t14-,15+,17-,20+,23+/m1/s1. The summed E-state index contributed by atoms with van der Waals surface area (Å²) in [5.41, 5.74) is 1.86. The number of hydrogen-bond acceptors (Lipinski definition) is 7. The van der Waals surface area contributed by atoms with Crippen LogP contribution in [0.15, 0.2) is 24.3 Å². The molecule has 0 N–H and O–H groups in total. The van der Waals surface area contributed by atoms with Gasteiger partial charge < -0.3 is 28.6 Å². The predicted molar refractivity (Wildman–Crippen MR) is 109 cm³/mol. The van der Waals surface area contributed by atoms with Gasteiger partial charge in [0.25, 0.3) is 0 Å². The van der Waals surface area contributed by atoms with Gasteiger partial charge >= 0.3 is 12.2 Å². The zero-order valence-corrected chi connectivity index (χ0v) is 18.0. The third-order valence-electron chi connectivity index (χ3n) is 7.05. The minimum absolute atomic E-state index is 0.0264. The van der Waals surface area contributed by atoms with Crippen LogP contribution in [0.4, 0.5) is 9.59 Å². The zero-order valence-electron chi connectivity index (χ0n) is 18.0. The Bertz CT molecular complexity index is 944. The van der Waals surface area contributed by atoms with E-state index in [4.69, 9.17) is 23.7 Å². The van der Waals surface area contributed by atoms with Crippen molar-refractivity contribution in [1.82, 2.24) is 4.90 Å². The zero-order chi connectivity index (χ0) is 21.8. The van der Waals surface area contributed by atoms with E-state index < -0.39 is 23.8 Å². The first kappa shape index (κ1) is 20.0. The molecule has 5 atom stereocenters. The molecule has 1 spiro atoms. The quantitative estimate of drug-likeness (QED) is 0.537. The van der Waals surface area contributed by atoms with E-state index in [0.717, 1.165) is 16.9 Å². The molecule has 1 aromatic carbocycles. The fourth-order valence-electron chi connectivity index (χ4n) is 5.99. The molecule has 0 radical (unpaired) electrons. The highest BCUT2D eigenvalue weighted by Crippen LogP contribution is 2.62. The minimum Gasteiger partial charge on any atom is -0.493 e. The van der Waals surface area contributed by atoms with Crippen molar-refractivity contribution in [2.75, 3.05) is 26.9 Å². The van der Waals surface area contributed by atoms with E-state index in [1.807, 2.05) is 24.0 Å². The number of hydrogen-bond donors (Lipinski definition) is 0. The van der Waals surface area contributed by atoms with E-state index in [0.29, 0.717) is 31.7 Å². The lowest BCUT2D eigenvalue weighted by molar-refractivity contribution is -0.0640. The molecule has 8 nitrogen and oxygen atoms in total. The molecule has 31 heavy (non-hydrogen) atoms. The fourth-order valence-corrected chi connectivity index (χ4v) is 5.99. The van der Waals surface area contributed by atoms with E-state index >= 15 is 0 Å². The molecule has 0 unspecified atom stereocenters. The maximum atomic E-state index is 12.7. The average molecular weight is 429 g/mol. The first-order chi connectivity index (χ1) is 15.0. The molecule has 8 heteroatoms. The lowest BCUT2D eigenvalue weighted by atomic mass is 9.53. The van der Waals surface area contributed by atoms with Gasteiger partial charge in [-0.1, -0.05) is 12.1 Å². The van der Waals surface area contributed by atoms with Crippen molar-refractivity contribution >= 4 is 12.2 Å². The van der Waals surface area contributed by atoms with Crippen molar-refractivity contribution in [2.24, 2.45) is 5.92 Å². The average Bonchev–Trinajstić information content (AvgIpc) is 3.09. The maximum absolute atomic E-state index is 12.7. The summed E-state index contributed by atoms with van der Waals surface area (Å²) in [7, 11) is 1.62. The molecule has 0 saturated carbocycles. The van der Waals surface area contributed by atoms with Gasteiger partial charge in [-0.15, -0.1) is 0 Å². The third-order valence-corrected chi connectivity index (χ3v) is 7.05. The molecule has 5 rings (SSSR count). The Morgan fingerprint density at radius 1 is 1.19 bits per heavy atom. The fraction of sp³-hybridized carbons (Fsp3) is 0.565. The van der Waals surface area contributed by atoms with Crippen LogP contribution in [-0.4, -0.2) is 62.3 Å². The summed E-state index contributed by atoms with van der Waals surface area (Å²) in [6.45, 7) is 4.69. The van der Waals surface area contributed by atoms with Crippen LogP contribution in [0.2, 0.25) is 0 Å². The first-order valence-corrected chi connectivity index (χ1v) is 10.9. The number of ether oxygens (including phenoxy) is 5. The van der Waals surface area contributed by atoms with Gasteiger partial charge in [0.05, 0.1) is 25.7 Å². The van der Waals surface area contributed by atoms with Crippen LogP contribution in [0, 0.1) is 5.92 Å². The second-order valence-corrected chi connectivity index (χ2v) is 8.30. The molecule has 2 bridgehead atoms. The van der Waals surface area contributed by atoms with Gasteiger partial charge in [0, 0.05) is 24.1 Å². The van der Waals surface area contributed by atoms with Crippen molar-refractivity contribution in [3.63, 3.8) is 0 Å². The number of likely N-dealkylation sites (tertiary alicyclic amines) is 1. The van der Waals surface area contributed by atoms with Crippen LogP contribution in [0.3, 0.4) is 0 Å². The van der Waals surface area contributed by atoms with Crippen molar-refractivity contribution < 1.29 is 33.3 Å². The highest BCUT2D eigenvalue weighted by Gasteiger charge is 2.66. The van der Waals surface area contributed by atoms with Crippen molar-refractivity contribution in [3.05, 3.63) is 35.4 Å². The molecule has 1 fully saturated rings. The van der Waals surface area contributed by atoms with Gasteiger partial charge in [0.15, 0.2) is 17.6 Å². The Balaban J connectivity index is 1.61. The smallest absolute Gasteiger partial charge is 0.493 e. The summed E-state index contributed by atoms with van der Waals surface area (Å²) in [5, 5.41) is 0. The van der Waals surface area contributed by atoms with Crippen molar-refractivity contribution in [2.45, 2.75) is 50.4 Å². The number of carbonyl (C=O) groups excluding carboxylic acids is 2. The monoisotopic (exact) mass is 429 g/mol.